The van der Waals surface area contributed by atoms with Crippen LogP contribution in [-0.4, -0.2) is 27.7 Å². The second-order valence-electron chi connectivity index (χ2n) is 4.75. The van der Waals surface area contributed by atoms with Gasteiger partial charge in [0.2, 0.25) is 11.9 Å². The fourth-order valence-electron chi connectivity index (χ4n) is 2.26. The first-order valence-electron chi connectivity index (χ1n) is 6.69. The summed E-state index contributed by atoms with van der Waals surface area (Å²) < 4.78 is 5.13. The number of nitrogens with zero attached hydrogens (tertiary/aromatic N) is 2. The van der Waals surface area contributed by atoms with E-state index in [1.165, 1.54) is 5.56 Å². The fraction of sp³-hybridized carbons (Fsp3) is 0.357. The van der Waals surface area contributed by atoms with Crippen LogP contribution in [0.2, 0.25) is 0 Å². The van der Waals surface area contributed by atoms with Gasteiger partial charge in [-0.3, -0.25) is 10.1 Å². The normalized spacial score (nSPS) is 20.4. The van der Waals surface area contributed by atoms with Crippen LogP contribution in [0.1, 0.15) is 24.8 Å². The molecule has 1 aliphatic carbocycles. The largest absolute Gasteiger partial charge is 0.463 e. The molecule has 1 saturated carbocycles. The molecule has 20 heavy (non-hydrogen) atoms. The van der Waals surface area contributed by atoms with Crippen molar-refractivity contribution in [3.8, 4) is 6.01 Å². The number of carbonyl (C=O) groups excluding carboxylic acids is 1. The van der Waals surface area contributed by atoms with Crippen LogP contribution in [0.25, 0.3) is 0 Å². The van der Waals surface area contributed by atoms with Crippen molar-refractivity contribution in [1.82, 2.24) is 15.2 Å². The lowest BCUT2D eigenvalue weighted by molar-refractivity contribution is -0.117. The van der Waals surface area contributed by atoms with Gasteiger partial charge in [-0.15, -0.1) is 5.10 Å². The Hall–Kier alpha value is -2.37. The van der Waals surface area contributed by atoms with E-state index in [1.54, 1.807) is 0 Å². The zero-order chi connectivity index (χ0) is 13.9. The first kappa shape index (κ1) is 12.7. The van der Waals surface area contributed by atoms with Crippen LogP contribution >= 0.6 is 0 Å². The maximum absolute atomic E-state index is 12.1. The molecular weight excluding hydrogens is 256 g/mol. The number of rotatable bonds is 5. The SMILES string of the molecule is CCOc1n[nH]c(NC(=O)C2CC2c2ccccc2)n1. The fourth-order valence-corrected chi connectivity index (χ4v) is 2.26. The Bertz CT molecular complexity index is 596. The number of hydrogen-bond donors (Lipinski definition) is 2. The third-order valence-electron chi connectivity index (χ3n) is 3.33. The van der Waals surface area contributed by atoms with Gasteiger partial charge >= 0.3 is 6.01 Å². The summed E-state index contributed by atoms with van der Waals surface area (Å²) >= 11 is 0. The second-order valence-corrected chi connectivity index (χ2v) is 4.75. The number of carbonyl (C=O) groups is 1. The number of benzene rings is 1. The summed E-state index contributed by atoms with van der Waals surface area (Å²) in [4.78, 5) is 16.1. The molecule has 1 fully saturated rings. The molecule has 1 aromatic carbocycles. The van der Waals surface area contributed by atoms with Crippen LogP contribution in [0.5, 0.6) is 6.01 Å². The Morgan fingerprint density at radius 3 is 3.00 bits per heavy atom. The van der Waals surface area contributed by atoms with Crippen molar-refractivity contribution in [3.05, 3.63) is 35.9 Å². The lowest BCUT2D eigenvalue weighted by atomic mass is 10.1. The molecule has 0 saturated heterocycles. The molecule has 0 spiro atoms. The molecule has 1 heterocycles. The van der Waals surface area contributed by atoms with Crippen molar-refractivity contribution in [2.45, 2.75) is 19.3 Å². The Morgan fingerprint density at radius 1 is 1.45 bits per heavy atom. The molecule has 0 aliphatic heterocycles. The smallest absolute Gasteiger partial charge is 0.337 e. The van der Waals surface area contributed by atoms with Crippen LogP contribution in [0.15, 0.2) is 30.3 Å². The highest BCUT2D eigenvalue weighted by Crippen LogP contribution is 2.47. The van der Waals surface area contributed by atoms with Gasteiger partial charge in [0.15, 0.2) is 0 Å². The van der Waals surface area contributed by atoms with Crippen molar-refractivity contribution in [2.24, 2.45) is 5.92 Å². The van der Waals surface area contributed by atoms with Gasteiger partial charge in [-0.25, -0.2) is 5.10 Å². The number of ether oxygens (including phenoxy) is 1. The van der Waals surface area contributed by atoms with Crippen molar-refractivity contribution >= 4 is 11.9 Å². The molecule has 2 aromatic rings. The Balaban J connectivity index is 1.58. The molecule has 1 aliphatic rings. The van der Waals surface area contributed by atoms with E-state index in [0.717, 1.165) is 6.42 Å². The minimum absolute atomic E-state index is 0.0121. The Morgan fingerprint density at radius 2 is 2.25 bits per heavy atom. The summed E-state index contributed by atoms with van der Waals surface area (Å²) in [5, 5.41) is 9.22. The average Bonchev–Trinajstić information content (AvgIpc) is 3.16. The summed E-state index contributed by atoms with van der Waals surface area (Å²) in [6, 6.07) is 10.3. The first-order chi connectivity index (χ1) is 9.78. The van der Waals surface area contributed by atoms with Crippen molar-refractivity contribution < 1.29 is 9.53 Å². The molecule has 1 amide bonds. The van der Waals surface area contributed by atoms with Gasteiger partial charge in [0.25, 0.3) is 0 Å². The summed E-state index contributed by atoms with van der Waals surface area (Å²) in [6.07, 6.45) is 0.877. The van der Waals surface area contributed by atoms with Crippen LogP contribution in [0, 0.1) is 5.92 Å². The predicted octanol–water partition coefficient (Wildman–Crippen LogP) is 1.95. The first-order valence-corrected chi connectivity index (χ1v) is 6.69. The minimum Gasteiger partial charge on any atom is -0.463 e. The molecule has 3 rings (SSSR count). The van der Waals surface area contributed by atoms with Gasteiger partial charge < -0.3 is 4.74 Å². The lowest BCUT2D eigenvalue weighted by Crippen LogP contribution is -2.15. The highest BCUT2D eigenvalue weighted by Gasteiger charge is 2.44. The van der Waals surface area contributed by atoms with Gasteiger partial charge in [0.05, 0.1) is 6.61 Å². The topological polar surface area (TPSA) is 79.9 Å². The third kappa shape index (κ3) is 2.64. The van der Waals surface area contributed by atoms with E-state index in [0.29, 0.717) is 18.5 Å². The number of nitrogens with one attached hydrogen (secondary N) is 2. The highest BCUT2D eigenvalue weighted by molar-refractivity contribution is 5.93. The van der Waals surface area contributed by atoms with E-state index in [4.69, 9.17) is 4.74 Å². The third-order valence-corrected chi connectivity index (χ3v) is 3.33. The van der Waals surface area contributed by atoms with E-state index >= 15 is 0 Å². The maximum atomic E-state index is 12.1. The lowest BCUT2D eigenvalue weighted by Gasteiger charge is -2.01. The van der Waals surface area contributed by atoms with Crippen LogP contribution in [-0.2, 0) is 4.79 Å². The monoisotopic (exact) mass is 272 g/mol. The number of hydrogen-bond acceptors (Lipinski definition) is 4. The molecule has 104 valence electrons. The van der Waals surface area contributed by atoms with Gasteiger partial charge in [-0.2, -0.15) is 4.98 Å². The van der Waals surface area contributed by atoms with Gasteiger partial charge in [-0.05, 0) is 24.8 Å². The van der Waals surface area contributed by atoms with Crippen molar-refractivity contribution in [3.63, 3.8) is 0 Å². The number of H-pyrrole nitrogens is 1. The molecule has 2 N–H and O–H groups in total. The van der Waals surface area contributed by atoms with Crippen LogP contribution in [0.3, 0.4) is 0 Å². The molecule has 0 bridgehead atoms. The maximum Gasteiger partial charge on any atom is 0.337 e. The van der Waals surface area contributed by atoms with Crippen LogP contribution in [0.4, 0.5) is 5.95 Å². The quantitative estimate of drug-likeness (QED) is 0.871. The predicted molar refractivity (Wildman–Crippen MR) is 73.5 cm³/mol. The van der Waals surface area contributed by atoms with Gasteiger partial charge in [0, 0.05) is 5.92 Å². The number of amides is 1. The van der Waals surface area contributed by atoms with E-state index in [1.807, 2.05) is 25.1 Å². The minimum atomic E-state index is -0.0296. The van der Waals surface area contributed by atoms with E-state index in [-0.39, 0.29) is 17.8 Å². The zero-order valence-corrected chi connectivity index (χ0v) is 11.2. The van der Waals surface area contributed by atoms with Crippen LogP contribution < -0.4 is 10.1 Å². The van der Waals surface area contributed by atoms with Crippen molar-refractivity contribution in [1.29, 1.82) is 0 Å². The standard InChI is InChI=1S/C14H16N4O2/c1-2-20-14-16-13(17-18-14)15-12(19)11-8-10(11)9-6-4-3-5-7-9/h3-7,10-11H,2,8H2,1H3,(H2,15,16,17,18,19). The Kier molecular flexibility index (Phi) is 3.37. The molecule has 0 radical (unpaired) electrons. The summed E-state index contributed by atoms with van der Waals surface area (Å²) in [6.45, 7) is 2.34. The van der Waals surface area contributed by atoms with E-state index in [9.17, 15) is 4.79 Å². The number of anilines is 1. The van der Waals surface area contributed by atoms with E-state index in [2.05, 4.69) is 32.6 Å². The average molecular weight is 272 g/mol. The summed E-state index contributed by atoms with van der Waals surface area (Å²) in [5.41, 5.74) is 1.21. The summed E-state index contributed by atoms with van der Waals surface area (Å²) in [5.74, 6) is 0.624. The highest BCUT2D eigenvalue weighted by atomic mass is 16.5. The molecule has 1 aromatic heterocycles. The van der Waals surface area contributed by atoms with E-state index < -0.39 is 0 Å². The van der Waals surface area contributed by atoms with Crippen molar-refractivity contribution in [2.75, 3.05) is 11.9 Å². The molecule has 2 atom stereocenters. The number of aromatic nitrogens is 3. The second kappa shape index (κ2) is 5.32. The number of aromatic amines is 1. The molecular formula is C14H16N4O2. The molecule has 6 nitrogen and oxygen atoms in total. The van der Waals surface area contributed by atoms with Gasteiger partial charge in [0.1, 0.15) is 0 Å². The summed E-state index contributed by atoms with van der Waals surface area (Å²) in [7, 11) is 0. The molecule has 2 unspecified atom stereocenters. The zero-order valence-electron chi connectivity index (χ0n) is 11.2. The molecule has 6 heteroatoms. The Labute approximate surface area is 116 Å². The van der Waals surface area contributed by atoms with Gasteiger partial charge in [-0.1, -0.05) is 30.3 Å².